The number of rotatable bonds is 5. The minimum atomic E-state index is -0.944. The molecule has 1 aliphatic rings. The molecule has 2 unspecified atom stereocenters. The summed E-state index contributed by atoms with van der Waals surface area (Å²) in [6.45, 7) is 2.34. The van der Waals surface area contributed by atoms with Crippen LogP contribution in [0.15, 0.2) is 72.1 Å². The van der Waals surface area contributed by atoms with Crippen LogP contribution >= 0.6 is 11.3 Å². The van der Waals surface area contributed by atoms with E-state index in [1.165, 1.54) is 11.3 Å². The zero-order chi connectivity index (χ0) is 19.7. The van der Waals surface area contributed by atoms with Crippen LogP contribution in [0.5, 0.6) is 0 Å². The fourth-order valence-corrected chi connectivity index (χ4v) is 5.12. The van der Waals surface area contributed by atoms with E-state index in [1.54, 1.807) is 29.2 Å². The summed E-state index contributed by atoms with van der Waals surface area (Å²) in [6, 6.07) is 20.9. The summed E-state index contributed by atoms with van der Waals surface area (Å²) in [7, 11) is 0. The number of thiophene rings is 1. The van der Waals surface area contributed by atoms with Gasteiger partial charge in [0.05, 0.1) is 5.54 Å². The van der Waals surface area contributed by atoms with Crippen LogP contribution in [0.1, 0.15) is 39.2 Å². The van der Waals surface area contributed by atoms with E-state index in [4.69, 9.17) is 0 Å². The highest BCUT2D eigenvalue weighted by atomic mass is 32.1. The lowest BCUT2D eigenvalue weighted by atomic mass is 9.72. The highest BCUT2D eigenvalue weighted by Crippen LogP contribution is 2.48. The first-order valence-corrected chi connectivity index (χ1v) is 10.1. The zero-order valence-electron chi connectivity index (χ0n) is 15.5. The van der Waals surface area contributed by atoms with Crippen molar-refractivity contribution in [2.75, 3.05) is 6.54 Å². The number of nitrogens with zero attached hydrogens (tertiary/aromatic N) is 1. The van der Waals surface area contributed by atoms with Crippen molar-refractivity contribution in [3.63, 3.8) is 0 Å². The third kappa shape index (κ3) is 2.92. The van der Waals surface area contributed by atoms with Crippen LogP contribution in [0, 0.1) is 0 Å². The molecule has 1 aliphatic heterocycles. The van der Waals surface area contributed by atoms with Gasteiger partial charge in [0.2, 0.25) is 0 Å². The van der Waals surface area contributed by atoms with Gasteiger partial charge in [0.1, 0.15) is 5.92 Å². The van der Waals surface area contributed by atoms with E-state index in [-0.39, 0.29) is 5.91 Å². The highest BCUT2D eigenvalue weighted by Gasteiger charge is 2.53. The van der Waals surface area contributed by atoms with Crippen molar-refractivity contribution in [3.8, 4) is 0 Å². The Morgan fingerprint density at radius 2 is 1.79 bits per heavy atom. The van der Waals surface area contributed by atoms with E-state index in [0.717, 1.165) is 10.4 Å². The molecule has 142 valence electrons. The maximum Gasteiger partial charge on any atom is 0.313 e. The molecule has 2 heterocycles. The third-order valence-corrected chi connectivity index (χ3v) is 6.70. The molecule has 0 saturated carbocycles. The van der Waals surface area contributed by atoms with Gasteiger partial charge in [0.25, 0.3) is 5.91 Å². The predicted molar refractivity (Wildman–Crippen MR) is 110 cm³/mol. The molecular weight excluding hydrogens is 370 g/mol. The molecule has 0 bridgehead atoms. The van der Waals surface area contributed by atoms with E-state index in [1.807, 2.05) is 54.8 Å². The van der Waals surface area contributed by atoms with Crippen LogP contribution in [0.4, 0.5) is 0 Å². The molecule has 1 amide bonds. The summed E-state index contributed by atoms with van der Waals surface area (Å²) in [4.78, 5) is 28.5. The lowest BCUT2D eigenvalue weighted by Gasteiger charge is -2.48. The summed E-state index contributed by atoms with van der Waals surface area (Å²) in [5.41, 5.74) is 1.25. The van der Waals surface area contributed by atoms with E-state index in [9.17, 15) is 14.7 Å². The SMILES string of the molecule is CC1(c2cccs2)C(C(=O)O)c2ccccc2C(=O)N1CCc1ccccc1. The molecule has 0 saturated heterocycles. The Balaban J connectivity index is 1.84. The Morgan fingerprint density at radius 3 is 2.46 bits per heavy atom. The summed E-state index contributed by atoms with van der Waals surface area (Å²) < 4.78 is 0. The molecule has 5 heteroatoms. The third-order valence-electron chi connectivity index (χ3n) is 5.60. The summed E-state index contributed by atoms with van der Waals surface area (Å²) in [6.07, 6.45) is 0.669. The van der Waals surface area contributed by atoms with Crippen LogP contribution < -0.4 is 0 Å². The number of carboxylic acid groups (broad SMARTS) is 1. The van der Waals surface area contributed by atoms with Gasteiger partial charge in [-0.1, -0.05) is 54.6 Å². The molecule has 0 aliphatic carbocycles. The van der Waals surface area contributed by atoms with Crippen molar-refractivity contribution < 1.29 is 14.7 Å². The quantitative estimate of drug-likeness (QED) is 0.695. The van der Waals surface area contributed by atoms with Gasteiger partial charge in [-0.3, -0.25) is 9.59 Å². The van der Waals surface area contributed by atoms with Gasteiger partial charge in [0, 0.05) is 17.0 Å². The van der Waals surface area contributed by atoms with Gasteiger partial charge < -0.3 is 10.0 Å². The number of carbonyl (C=O) groups excluding carboxylic acids is 1. The summed E-state index contributed by atoms with van der Waals surface area (Å²) in [5.74, 6) is -1.85. The first kappa shape index (κ1) is 18.4. The van der Waals surface area contributed by atoms with E-state index < -0.39 is 17.4 Å². The second-order valence-corrected chi connectivity index (χ2v) is 8.12. The number of hydrogen-bond donors (Lipinski definition) is 1. The average molecular weight is 391 g/mol. The minimum Gasteiger partial charge on any atom is -0.481 e. The second kappa shape index (κ2) is 7.24. The average Bonchev–Trinajstić information content (AvgIpc) is 3.24. The Kier molecular flexibility index (Phi) is 4.77. The summed E-state index contributed by atoms with van der Waals surface area (Å²) >= 11 is 1.49. The van der Waals surface area contributed by atoms with E-state index in [0.29, 0.717) is 24.1 Å². The van der Waals surface area contributed by atoms with Gasteiger partial charge >= 0.3 is 5.97 Å². The highest BCUT2D eigenvalue weighted by molar-refractivity contribution is 7.10. The fraction of sp³-hybridized carbons (Fsp3) is 0.217. The molecule has 28 heavy (non-hydrogen) atoms. The molecule has 3 aromatic rings. The lowest BCUT2D eigenvalue weighted by Crippen LogP contribution is -2.57. The number of benzene rings is 2. The van der Waals surface area contributed by atoms with Gasteiger partial charge in [-0.05, 0) is 42.0 Å². The van der Waals surface area contributed by atoms with Gasteiger partial charge in [-0.15, -0.1) is 11.3 Å². The maximum atomic E-state index is 13.5. The molecular formula is C23H21NO3S. The Morgan fingerprint density at radius 1 is 1.07 bits per heavy atom. The van der Waals surface area contributed by atoms with E-state index in [2.05, 4.69) is 0 Å². The van der Waals surface area contributed by atoms with Crippen molar-refractivity contribution >= 4 is 23.2 Å². The Labute approximate surface area is 168 Å². The number of amides is 1. The van der Waals surface area contributed by atoms with Crippen molar-refractivity contribution in [1.82, 2.24) is 4.90 Å². The van der Waals surface area contributed by atoms with Crippen molar-refractivity contribution in [1.29, 1.82) is 0 Å². The molecule has 1 N–H and O–H groups in total. The molecule has 4 nitrogen and oxygen atoms in total. The molecule has 2 atom stereocenters. The Hall–Kier alpha value is -2.92. The lowest BCUT2D eigenvalue weighted by molar-refractivity contribution is -0.142. The van der Waals surface area contributed by atoms with Gasteiger partial charge in [-0.2, -0.15) is 0 Å². The molecule has 2 aromatic carbocycles. The largest absolute Gasteiger partial charge is 0.481 e. The topological polar surface area (TPSA) is 57.6 Å². The van der Waals surface area contributed by atoms with Crippen molar-refractivity contribution in [3.05, 3.63) is 93.7 Å². The normalized spacial score (nSPS) is 21.4. The van der Waals surface area contributed by atoms with Crippen molar-refractivity contribution in [2.24, 2.45) is 0 Å². The number of carbonyl (C=O) groups is 2. The second-order valence-electron chi connectivity index (χ2n) is 7.18. The maximum absolute atomic E-state index is 13.5. The van der Waals surface area contributed by atoms with Crippen LogP contribution in [0.3, 0.4) is 0 Å². The summed E-state index contributed by atoms with van der Waals surface area (Å²) in [5, 5.41) is 12.1. The molecule has 1 aromatic heterocycles. The van der Waals surface area contributed by atoms with Crippen molar-refractivity contribution in [2.45, 2.75) is 24.8 Å². The first-order chi connectivity index (χ1) is 13.5. The minimum absolute atomic E-state index is 0.111. The monoisotopic (exact) mass is 391 g/mol. The zero-order valence-corrected chi connectivity index (χ0v) is 16.4. The molecule has 0 radical (unpaired) electrons. The smallest absolute Gasteiger partial charge is 0.313 e. The van der Waals surface area contributed by atoms with Gasteiger partial charge in [0.15, 0.2) is 0 Å². The number of hydrogen-bond acceptors (Lipinski definition) is 3. The predicted octanol–water partition coefficient (Wildman–Crippen LogP) is 4.53. The first-order valence-electron chi connectivity index (χ1n) is 9.25. The standard InChI is InChI=1S/C23H21NO3S/c1-23(19-12-7-15-28-19)20(22(26)27)17-10-5-6-11-18(17)21(25)24(23)14-13-16-8-3-2-4-9-16/h2-12,15,20H,13-14H2,1H3,(H,26,27). The van der Waals surface area contributed by atoms with Crippen LogP contribution in [0.2, 0.25) is 0 Å². The van der Waals surface area contributed by atoms with Crippen LogP contribution in [-0.2, 0) is 16.8 Å². The number of carboxylic acids is 1. The van der Waals surface area contributed by atoms with E-state index >= 15 is 0 Å². The number of fused-ring (bicyclic) bond motifs is 1. The van der Waals surface area contributed by atoms with Crippen LogP contribution in [0.25, 0.3) is 0 Å². The Bertz CT molecular complexity index is 1000. The van der Waals surface area contributed by atoms with Crippen LogP contribution in [-0.4, -0.2) is 28.4 Å². The van der Waals surface area contributed by atoms with Gasteiger partial charge in [-0.25, -0.2) is 0 Å². The fourth-order valence-electron chi connectivity index (χ4n) is 4.19. The molecule has 0 fully saturated rings. The molecule has 0 spiro atoms. The number of aliphatic carboxylic acids is 1. The molecule has 4 rings (SSSR count).